The van der Waals surface area contributed by atoms with E-state index in [0.717, 1.165) is 0 Å². The van der Waals surface area contributed by atoms with Crippen molar-refractivity contribution < 1.29 is 31.3 Å². The predicted molar refractivity (Wildman–Crippen MR) is 40.9 cm³/mol. The number of hydrogen-bond acceptors (Lipinski definition) is 3. The van der Waals surface area contributed by atoms with Gasteiger partial charge in [-0.3, -0.25) is 10.1 Å². The van der Waals surface area contributed by atoms with Gasteiger partial charge in [-0.05, 0) is 6.07 Å². The highest BCUT2D eigenvalue weighted by Gasteiger charge is 2.47. The maximum Gasteiger partial charge on any atom is 0.440 e. The third kappa shape index (κ3) is 2.63. The first-order chi connectivity index (χ1) is 7.55. The first-order valence-corrected chi connectivity index (χ1v) is 3.83. The van der Waals surface area contributed by atoms with Gasteiger partial charge in [0.2, 0.25) is 5.69 Å². The van der Waals surface area contributed by atoms with Crippen molar-refractivity contribution in [2.45, 2.75) is 12.4 Å². The number of aromatic nitrogens is 1. The molecule has 17 heavy (non-hydrogen) atoms. The van der Waals surface area contributed by atoms with E-state index in [0.29, 0.717) is 0 Å². The maximum atomic E-state index is 12.3. The van der Waals surface area contributed by atoms with E-state index in [9.17, 15) is 36.5 Å². The molecule has 1 rings (SSSR count). The van der Waals surface area contributed by atoms with E-state index in [2.05, 4.69) is 4.98 Å². The van der Waals surface area contributed by atoms with Gasteiger partial charge in [0.15, 0.2) is 0 Å². The SMILES string of the molecule is O=[N+]([O-])c1c(C(F)(F)F)ccnc1C(F)(F)F. The number of pyridine rings is 1. The molecule has 0 aliphatic heterocycles. The molecule has 0 aliphatic carbocycles. The Bertz CT molecular complexity index is 420. The van der Waals surface area contributed by atoms with Crippen LogP contribution in [0.3, 0.4) is 0 Å². The largest absolute Gasteiger partial charge is 0.440 e. The average Bonchev–Trinajstić information content (AvgIpc) is 2.13. The summed E-state index contributed by atoms with van der Waals surface area (Å²) < 4.78 is 73.6. The third-order valence-electron chi connectivity index (χ3n) is 1.68. The second-order valence-electron chi connectivity index (χ2n) is 2.81. The molecule has 0 spiro atoms. The molecular weight excluding hydrogens is 258 g/mol. The Balaban J connectivity index is 3.61. The van der Waals surface area contributed by atoms with Crippen LogP contribution in [0, 0.1) is 10.1 Å². The van der Waals surface area contributed by atoms with Crippen LogP contribution in [0.2, 0.25) is 0 Å². The van der Waals surface area contributed by atoms with Gasteiger partial charge in [-0.15, -0.1) is 0 Å². The number of hydrogen-bond donors (Lipinski definition) is 0. The lowest BCUT2D eigenvalue weighted by Crippen LogP contribution is -2.17. The van der Waals surface area contributed by atoms with Crippen molar-refractivity contribution >= 4 is 5.69 Å². The normalized spacial score (nSPS) is 12.6. The minimum absolute atomic E-state index is 0.118. The number of nitro groups is 1. The molecule has 0 N–H and O–H groups in total. The number of alkyl halides is 6. The van der Waals surface area contributed by atoms with Gasteiger partial charge in [-0.25, -0.2) is 4.98 Å². The zero-order chi connectivity index (χ0) is 13.4. The number of halogens is 6. The highest BCUT2D eigenvalue weighted by molar-refractivity contribution is 5.46. The topological polar surface area (TPSA) is 56.0 Å². The van der Waals surface area contributed by atoms with Gasteiger partial charge in [0, 0.05) is 6.20 Å². The molecule has 0 fully saturated rings. The molecule has 1 aromatic heterocycles. The highest BCUT2D eigenvalue weighted by Crippen LogP contribution is 2.42. The Hall–Kier alpha value is -1.87. The minimum atomic E-state index is -5.33. The Labute approximate surface area is 89.0 Å². The lowest BCUT2D eigenvalue weighted by molar-refractivity contribution is -0.391. The number of nitrogens with zero attached hydrogens (tertiary/aromatic N) is 2. The van der Waals surface area contributed by atoms with Gasteiger partial charge in [-0.1, -0.05) is 0 Å². The number of rotatable bonds is 1. The summed E-state index contributed by atoms with van der Waals surface area (Å²) in [6, 6.07) is 0.118. The lowest BCUT2D eigenvalue weighted by atomic mass is 10.1. The molecule has 0 saturated carbocycles. The van der Waals surface area contributed by atoms with E-state index in [-0.39, 0.29) is 12.3 Å². The third-order valence-corrected chi connectivity index (χ3v) is 1.68. The zero-order valence-corrected chi connectivity index (χ0v) is 7.63. The summed E-state index contributed by atoms with van der Waals surface area (Å²) in [4.78, 5) is 11.1. The van der Waals surface area contributed by atoms with Gasteiger partial charge >= 0.3 is 18.0 Å². The molecule has 0 aliphatic rings. The highest BCUT2D eigenvalue weighted by atomic mass is 19.4. The van der Waals surface area contributed by atoms with E-state index in [1.165, 1.54) is 0 Å². The van der Waals surface area contributed by atoms with Crippen LogP contribution in [-0.4, -0.2) is 9.91 Å². The Morgan fingerprint density at radius 2 is 1.65 bits per heavy atom. The van der Waals surface area contributed by atoms with Gasteiger partial charge in [-0.2, -0.15) is 26.3 Å². The molecular formula is C7H2F6N2O2. The van der Waals surface area contributed by atoms with Crippen molar-refractivity contribution in [3.05, 3.63) is 33.6 Å². The van der Waals surface area contributed by atoms with E-state index < -0.39 is 34.2 Å². The van der Waals surface area contributed by atoms with Crippen molar-refractivity contribution in [3.63, 3.8) is 0 Å². The molecule has 4 nitrogen and oxygen atoms in total. The van der Waals surface area contributed by atoms with Gasteiger partial charge in [0.25, 0.3) is 0 Å². The zero-order valence-electron chi connectivity index (χ0n) is 7.63. The summed E-state index contributed by atoms with van der Waals surface area (Å²) in [5.74, 6) is 0. The van der Waals surface area contributed by atoms with Crippen molar-refractivity contribution in [2.24, 2.45) is 0 Å². The molecule has 1 heterocycles. The van der Waals surface area contributed by atoms with Crippen LogP contribution < -0.4 is 0 Å². The summed E-state index contributed by atoms with van der Waals surface area (Å²) >= 11 is 0. The smallest absolute Gasteiger partial charge is 0.258 e. The van der Waals surface area contributed by atoms with Gasteiger partial charge in [0.1, 0.15) is 5.56 Å². The molecule has 0 amide bonds. The molecule has 0 aromatic carbocycles. The molecule has 0 saturated heterocycles. The second-order valence-corrected chi connectivity index (χ2v) is 2.81. The summed E-state index contributed by atoms with van der Waals surface area (Å²) in [5, 5.41) is 10.3. The van der Waals surface area contributed by atoms with E-state index >= 15 is 0 Å². The van der Waals surface area contributed by atoms with E-state index in [4.69, 9.17) is 0 Å². The van der Waals surface area contributed by atoms with Gasteiger partial charge in [0.05, 0.1) is 4.92 Å². The van der Waals surface area contributed by atoms with Crippen molar-refractivity contribution in [2.75, 3.05) is 0 Å². The Kier molecular flexibility index (Phi) is 2.99. The van der Waals surface area contributed by atoms with Crippen molar-refractivity contribution in [3.8, 4) is 0 Å². The fraction of sp³-hybridized carbons (Fsp3) is 0.286. The fourth-order valence-corrected chi connectivity index (χ4v) is 1.07. The first-order valence-electron chi connectivity index (χ1n) is 3.83. The van der Waals surface area contributed by atoms with Crippen LogP contribution in [0.1, 0.15) is 11.3 Å². The molecule has 0 atom stereocenters. The fourth-order valence-electron chi connectivity index (χ4n) is 1.07. The summed E-state index contributed by atoms with van der Waals surface area (Å²) in [6.07, 6.45) is -10.4. The average molecular weight is 260 g/mol. The molecule has 10 heteroatoms. The molecule has 0 bridgehead atoms. The van der Waals surface area contributed by atoms with Crippen molar-refractivity contribution in [1.82, 2.24) is 4.98 Å². The minimum Gasteiger partial charge on any atom is -0.258 e. The van der Waals surface area contributed by atoms with Crippen LogP contribution in [-0.2, 0) is 12.4 Å². The molecule has 0 radical (unpaired) electrons. The quantitative estimate of drug-likeness (QED) is 0.443. The summed E-state index contributed by atoms with van der Waals surface area (Å²) in [5.41, 5.74) is -6.24. The van der Waals surface area contributed by atoms with Crippen LogP contribution in [0.25, 0.3) is 0 Å². The Morgan fingerprint density at radius 3 is 2.00 bits per heavy atom. The van der Waals surface area contributed by atoms with E-state index in [1.54, 1.807) is 0 Å². The first kappa shape index (κ1) is 13.2. The molecule has 1 aromatic rings. The molecule has 0 unspecified atom stereocenters. The summed E-state index contributed by atoms with van der Waals surface area (Å²) in [6.45, 7) is 0. The monoisotopic (exact) mass is 260 g/mol. The standard InChI is InChI=1S/C7H2F6N2O2/c8-6(9,10)3-1-2-14-5(7(11,12)13)4(3)15(16)17/h1-2H. The van der Waals surface area contributed by atoms with Crippen molar-refractivity contribution in [1.29, 1.82) is 0 Å². The van der Waals surface area contributed by atoms with Crippen LogP contribution in [0.4, 0.5) is 32.0 Å². The maximum absolute atomic E-state index is 12.3. The van der Waals surface area contributed by atoms with E-state index in [1.807, 2.05) is 0 Å². The van der Waals surface area contributed by atoms with Crippen LogP contribution >= 0.6 is 0 Å². The molecule has 94 valence electrons. The second kappa shape index (κ2) is 3.86. The predicted octanol–water partition coefficient (Wildman–Crippen LogP) is 3.03. The van der Waals surface area contributed by atoms with Gasteiger partial charge < -0.3 is 0 Å². The Morgan fingerprint density at radius 1 is 1.12 bits per heavy atom. The van der Waals surface area contributed by atoms with Crippen LogP contribution in [0.5, 0.6) is 0 Å². The lowest BCUT2D eigenvalue weighted by Gasteiger charge is -2.11. The van der Waals surface area contributed by atoms with Crippen LogP contribution in [0.15, 0.2) is 12.3 Å². The summed E-state index contributed by atoms with van der Waals surface area (Å²) in [7, 11) is 0.